The zero-order chi connectivity index (χ0) is 12.1. The molecule has 0 amide bonds. The summed E-state index contributed by atoms with van der Waals surface area (Å²) in [5.41, 5.74) is 8.29. The topological polar surface area (TPSA) is 29.3 Å². The molecule has 0 radical (unpaired) electrons. The molecule has 1 fully saturated rings. The minimum atomic E-state index is 0.737. The van der Waals surface area contributed by atoms with Gasteiger partial charge in [0, 0.05) is 18.8 Å². The molecule has 1 aromatic carbocycles. The third-order valence-corrected chi connectivity index (χ3v) is 3.75. The van der Waals surface area contributed by atoms with Crippen molar-refractivity contribution in [3.8, 4) is 0 Å². The van der Waals surface area contributed by atoms with E-state index in [2.05, 4.69) is 36.1 Å². The molecule has 0 bridgehead atoms. The lowest BCUT2D eigenvalue weighted by molar-refractivity contribution is 0.521. The molecular weight excluding hydrogens is 208 g/mol. The highest BCUT2D eigenvalue weighted by Crippen LogP contribution is 2.22. The number of hydrogen-bond donors (Lipinski definition) is 1. The summed E-state index contributed by atoms with van der Waals surface area (Å²) in [6.07, 6.45) is 5.01. The van der Waals surface area contributed by atoms with Crippen molar-refractivity contribution in [2.75, 3.05) is 24.5 Å². The Kier molecular flexibility index (Phi) is 4.43. The predicted octanol–water partition coefficient (Wildman–Crippen LogP) is 2.81. The highest BCUT2D eigenvalue weighted by Gasteiger charge is 2.13. The number of nitrogens with two attached hydrogens (primary N) is 1. The average Bonchev–Trinajstić information content (AvgIpc) is 2.56. The van der Waals surface area contributed by atoms with Crippen LogP contribution in [0.5, 0.6) is 0 Å². The van der Waals surface area contributed by atoms with Crippen LogP contribution < -0.4 is 10.6 Å². The van der Waals surface area contributed by atoms with Gasteiger partial charge in [-0.15, -0.1) is 0 Å². The first kappa shape index (κ1) is 12.4. The molecule has 2 nitrogen and oxygen atoms in total. The molecule has 1 heterocycles. The van der Waals surface area contributed by atoms with Crippen LogP contribution >= 0.6 is 0 Å². The lowest BCUT2D eigenvalue weighted by Gasteiger charge is -2.23. The molecular formula is C15H24N2. The lowest BCUT2D eigenvalue weighted by atomic mass is 10.0. The van der Waals surface area contributed by atoms with Crippen molar-refractivity contribution >= 4 is 5.69 Å². The Morgan fingerprint density at radius 3 is 2.65 bits per heavy atom. The quantitative estimate of drug-likeness (QED) is 0.868. The van der Waals surface area contributed by atoms with E-state index in [0.29, 0.717) is 0 Å². The van der Waals surface area contributed by atoms with Crippen LogP contribution in [0, 0.1) is 5.92 Å². The van der Waals surface area contributed by atoms with Gasteiger partial charge in [0.25, 0.3) is 0 Å². The Balaban J connectivity index is 2.00. The van der Waals surface area contributed by atoms with Crippen LogP contribution in [0.4, 0.5) is 5.69 Å². The maximum absolute atomic E-state index is 5.57. The number of benzene rings is 1. The maximum atomic E-state index is 5.57. The molecule has 1 atom stereocenters. The summed E-state index contributed by atoms with van der Waals surface area (Å²) < 4.78 is 0. The SMILES string of the molecule is CC1CCCN(c2ccc(CCN)cc2)CC1. The van der Waals surface area contributed by atoms with Gasteiger partial charge in [-0.3, -0.25) is 0 Å². The van der Waals surface area contributed by atoms with E-state index in [-0.39, 0.29) is 0 Å². The number of anilines is 1. The van der Waals surface area contributed by atoms with Gasteiger partial charge in [-0.25, -0.2) is 0 Å². The average molecular weight is 232 g/mol. The third kappa shape index (κ3) is 3.47. The van der Waals surface area contributed by atoms with E-state index in [4.69, 9.17) is 5.73 Å². The molecule has 1 saturated heterocycles. The van der Waals surface area contributed by atoms with Crippen LogP contribution in [-0.2, 0) is 6.42 Å². The fourth-order valence-electron chi connectivity index (χ4n) is 2.56. The fraction of sp³-hybridized carbons (Fsp3) is 0.600. The van der Waals surface area contributed by atoms with Gasteiger partial charge in [-0.2, -0.15) is 0 Å². The summed E-state index contributed by atoms with van der Waals surface area (Å²) in [5, 5.41) is 0. The summed E-state index contributed by atoms with van der Waals surface area (Å²) in [5.74, 6) is 0.886. The van der Waals surface area contributed by atoms with Crippen molar-refractivity contribution in [1.82, 2.24) is 0 Å². The molecule has 2 heteroatoms. The summed E-state index contributed by atoms with van der Waals surface area (Å²) >= 11 is 0. The summed E-state index contributed by atoms with van der Waals surface area (Å²) in [6, 6.07) is 8.94. The number of nitrogens with zero attached hydrogens (tertiary/aromatic N) is 1. The summed E-state index contributed by atoms with van der Waals surface area (Å²) in [4.78, 5) is 2.52. The van der Waals surface area contributed by atoms with E-state index in [1.165, 1.54) is 43.6 Å². The van der Waals surface area contributed by atoms with Crippen molar-refractivity contribution in [1.29, 1.82) is 0 Å². The minimum absolute atomic E-state index is 0.737. The van der Waals surface area contributed by atoms with Crippen LogP contribution in [0.25, 0.3) is 0 Å². The Morgan fingerprint density at radius 1 is 1.18 bits per heavy atom. The molecule has 1 unspecified atom stereocenters. The molecule has 0 spiro atoms. The van der Waals surface area contributed by atoms with Gasteiger partial charge in [0.1, 0.15) is 0 Å². The maximum Gasteiger partial charge on any atom is 0.0366 e. The number of rotatable bonds is 3. The van der Waals surface area contributed by atoms with Gasteiger partial charge in [-0.05, 0) is 55.8 Å². The molecule has 1 aromatic rings. The second kappa shape index (κ2) is 6.06. The van der Waals surface area contributed by atoms with Crippen LogP contribution in [0.15, 0.2) is 24.3 Å². The van der Waals surface area contributed by atoms with Gasteiger partial charge in [0.15, 0.2) is 0 Å². The first-order valence-electron chi connectivity index (χ1n) is 6.83. The first-order valence-corrected chi connectivity index (χ1v) is 6.83. The van der Waals surface area contributed by atoms with Crippen LogP contribution in [0.2, 0.25) is 0 Å². The van der Waals surface area contributed by atoms with Crippen LogP contribution in [0.1, 0.15) is 31.7 Å². The monoisotopic (exact) mass is 232 g/mol. The lowest BCUT2D eigenvalue weighted by Crippen LogP contribution is -2.24. The molecule has 2 rings (SSSR count). The van der Waals surface area contributed by atoms with E-state index in [9.17, 15) is 0 Å². The van der Waals surface area contributed by atoms with Crippen molar-refractivity contribution in [2.24, 2.45) is 11.7 Å². The molecule has 1 aliphatic rings. The van der Waals surface area contributed by atoms with Gasteiger partial charge >= 0.3 is 0 Å². The largest absolute Gasteiger partial charge is 0.372 e. The van der Waals surface area contributed by atoms with Crippen LogP contribution in [0.3, 0.4) is 0 Å². The minimum Gasteiger partial charge on any atom is -0.372 e. The molecule has 0 aromatic heterocycles. The van der Waals surface area contributed by atoms with Gasteiger partial charge in [0.05, 0.1) is 0 Å². The van der Waals surface area contributed by atoms with Crippen molar-refractivity contribution in [3.63, 3.8) is 0 Å². The standard InChI is InChI=1S/C15H24N2/c1-13-3-2-11-17(12-9-13)15-6-4-14(5-7-15)8-10-16/h4-7,13H,2-3,8-12,16H2,1H3. The smallest absolute Gasteiger partial charge is 0.0366 e. The van der Waals surface area contributed by atoms with E-state index in [1.54, 1.807) is 0 Å². The Morgan fingerprint density at radius 2 is 1.94 bits per heavy atom. The molecule has 17 heavy (non-hydrogen) atoms. The van der Waals surface area contributed by atoms with Crippen molar-refractivity contribution in [2.45, 2.75) is 32.6 Å². The highest BCUT2D eigenvalue weighted by molar-refractivity contribution is 5.47. The molecule has 0 aliphatic carbocycles. The predicted molar refractivity (Wildman–Crippen MR) is 74.4 cm³/mol. The normalized spacial score (nSPS) is 21.3. The fourth-order valence-corrected chi connectivity index (χ4v) is 2.56. The zero-order valence-electron chi connectivity index (χ0n) is 10.9. The second-order valence-corrected chi connectivity index (χ2v) is 5.23. The second-order valence-electron chi connectivity index (χ2n) is 5.23. The number of hydrogen-bond acceptors (Lipinski definition) is 2. The first-order chi connectivity index (χ1) is 8.29. The van der Waals surface area contributed by atoms with Crippen molar-refractivity contribution < 1.29 is 0 Å². The Hall–Kier alpha value is -1.02. The highest BCUT2D eigenvalue weighted by atomic mass is 15.1. The molecule has 1 aliphatic heterocycles. The van der Waals surface area contributed by atoms with E-state index in [1.807, 2.05) is 0 Å². The van der Waals surface area contributed by atoms with Crippen LogP contribution in [-0.4, -0.2) is 19.6 Å². The van der Waals surface area contributed by atoms with E-state index in [0.717, 1.165) is 18.9 Å². The zero-order valence-corrected chi connectivity index (χ0v) is 10.9. The third-order valence-electron chi connectivity index (χ3n) is 3.75. The van der Waals surface area contributed by atoms with E-state index < -0.39 is 0 Å². The van der Waals surface area contributed by atoms with Gasteiger partial charge in [0.2, 0.25) is 0 Å². The molecule has 0 saturated carbocycles. The summed E-state index contributed by atoms with van der Waals surface area (Å²) in [6.45, 7) is 5.52. The molecule has 94 valence electrons. The molecule has 2 N–H and O–H groups in total. The van der Waals surface area contributed by atoms with Gasteiger partial charge < -0.3 is 10.6 Å². The van der Waals surface area contributed by atoms with Gasteiger partial charge in [-0.1, -0.05) is 19.1 Å². The van der Waals surface area contributed by atoms with E-state index >= 15 is 0 Å². The Bertz CT molecular complexity index is 331. The summed E-state index contributed by atoms with van der Waals surface area (Å²) in [7, 11) is 0. The Labute approximate surface area is 105 Å². The van der Waals surface area contributed by atoms with Crippen molar-refractivity contribution in [3.05, 3.63) is 29.8 Å².